The van der Waals surface area contributed by atoms with Gasteiger partial charge in [-0.3, -0.25) is 0 Å². The lowest BCUT2D eigenvalue weighted by Gasteiger charge is -2.30. The first-order chi connectivity index (χ1) is 17.0. The minimum absolute atomic E-state index is 0.328. The number of hydrogen-bond donors (Lipinski definition) is 2. The number of aryl methyl sites for hydroxylation is 4. The Labute approximate surface area is 209 Å². The fourth-order valence-corrected chi connectivity index (χ4v) is 5.32. The molecule has 0 heterocycles. The van der Waals surface area contributed by atoms with E-state index in [1.54, 1.807) is 7.11 Å². The fraction of sp³-hybridized carbons (Fsp3) is 0.355. The summed E-state index contributed by atoms with van der Waals surface area (Å²) < 4.78 is 11.0. The number of rotatable bonds is 10. The molecule has 0 radical (unpaired) electrons. The normalized spacial score (nSPS) is 14.9. The topological polar surface area (TPSA) is 50.7 Å². The van der Waals surface area contributed by atoms with Gasteiger partial charge in [0.2, 0.25) is 0 Å². The highest BCUT2D eigenvalue weighted by molar-refractivity contribution is 5.73. The molecule has 0 saturated heterocycles. The number of anilines is 1. The molecule has 0 aromatic heterocycles. The van der Waals surface area contributed by atoms with E-state index in [9.17, 15) is 5.11 Å². The maximum atomic E-state index is 10.4. The maximum absolute atomic E-state index is 10.4. The Kier molecular flexibility index (Phi) is 8.14. The zero-order valence-electron chi connectivity index (χ0n) is 21.2. The zero-order chi connectivity index (χ0) is 24.8. The summed E-state index contributed by atoms with van der Waals surface area (Å²) in [6, 6.07) is 18.6. The van der Waals surface area contributed by atoms with Crippen LogP contribution in [0.5, 0.6) is 11.5 Å². The van der Waals surface area contributed by atoms with Gasteiger partial charge in [0, 0.05) is 25.9 Å². The Morgan fingerprint density at radius 3 is 2.63 bits per heavy atom. The van der Waals surface area contributed by atoms with Gasteiger partial charge in [-0.2, -0.15) is 0 Å². The third-order valence-electron chi connectivity index (χ3n) is 7.10. The summed E-state index contributed by atoms with van der Waals surface area (Å²) in [7, 11) is 3.66. The lowest BCUT2D eigenvalue weighted by Crippen LogP contribution is -2.18. The van der Waals surface area contributed by atoms with Gasteiger partial charge < -0.3 is 19.9 Å². The largest absolute Gasteiger partial charge is 0.508 e. The van der Waals surface area contributed by atoms with Crippen LogP contribution in [0.25, 0.3) is 5.57 Å². The number of aromatic hydroxyl groups is 1. The van der Waals surface area contributed by atoms with Crippen LogP contribution in [0.15, 0.2) is 61.2 Å². The summed E-state index contributed by atoms with van der Waals surface area (Å²) in [5, 5.41) is 13.7. The molecule has 1 aliphatic carbocycles. The highest BCUT2D eigenvalue weighted by atomic mass is 16.5. The van der Waals surface area contributed by atoms with E-state index in [2.05, 4.69) is 55.2 Å². The van der Waals surface area contributed by atoms with Crippen LogP contribution in [0, 0.1) is 12.8 Å². The highest BCUT2D eigenvalue weighted by Crippen LogP contribution is 2.41. The summed E-state index contributed by atoms with van der Waals surface area (Å²) in [5.74, 6) is 1.57. The van der Waals surface area contributed by atoms with Crippen LogP contribution < -0.4 is 10.1 Å². The SMILES string of the molecule is C=C(c1c(C)cc(O)cc1CCc1ccccc1)C1CCc2cc(OCCOC)cc(NC)c2C1. The van der Waals surface area contributed by atoms with E-state index < -0.39 is 0 Å². The number of nitrogens with one attached hydrogen (secondary N) is 1. The number of phenols is 1. The van der Waals surface area contributed by atoms with Gasteiger partial charge in [-0.25, -0.2) is 0 Å². The van der Waals surface area contributed by atoms with E-state index >= 15 is 0 Å². The van der Waals surface area contributed by atoms with Gasteiger partial charge in [-0.05, 0) is 102 Å². The quantitative estimate of drug-likeness (QED) is 0.337. The summed E-state index contributed by atoms with van der Waals surface area (Å²) in [6.07, 6.45) is 4.80. The molecular weight excluding hydrogens is 434 g/mol. The van der Waals surface area contributed by atoms with Crippen molar-refractivity contribution in [3.05, 3.63) is 94.6 Å². The van der Waals surface area contributed by atoms with Crippen molar-refractivity contribution < 1.29 is 14.6 Å². The smallest absolute Gasteiger partial charge is 0.121 e. The first kappa shape index (κ1) is 24.9. The van der Waals surface area contributed by atoms with Gasteiger partial charge in [0.1, 0.15) is 18.1 Å². The first-order valence-electron chi connectivity index (χ1n) is 12.5. The van der Waals surface area contributed by atoms with Gasteiger partial charge in [0.15, 0.2) is 0 Å². The second-order valence-electron chi connectivity index (χ2n) is 9.45. The third kappa shape index (κ3) is 5.88. The summed E-state index contributed by atoms with van der Waals surface area (Å²) in [4.78, 5) is 0. The standard InChI is InChI=1S/C31H37NO3/c1-21-16-27(33)17-26(11-10-23-8-6-5-7-9-23)31(21)22(2)24-12-13-25-18-28(35-15-14-34-4)20-30(32-3)29(25)19-24/h5-9,16-18,20,24,32-33H,2,10-15,19H2,1,3-4H3. The van der Waals surface area contributed by atoms with Crippen molar-refractivity contribution in [2.45, 2.75) is 39.0 Å². The fourth-order valence-electron chi connectivity index (χ4n) is 5.32. The predicted molar refractivity (Wildman–Crippen MR) is 145 cm³/mol. The maximum Gasteiger partial charge on any atom is 0.121 e. The lowest BCUT2D eigenvalue weighted by molar-refractivity contribution is 0.146. The van der Waals surface area contributed by atoms with Crippen molar-refractivity contribution >= 4 is 11.3 Å². The number of benzene rings is 3. The summed E-state index contributed by atoms with van der Waals surface area (Å²) >= 11 is 0. The molecule has 0 aliphatic heterocycles. The van der Waals surface area contributed by atoms with Crippen LogP contribution in [0.2, 0.25) is 0 Å². The molecule has 4 heteroatoms. The van der Waals surface area contributed by atoms with Crippen LogP contribution in [0.4, 0.5) is 5.69 Å². The number of allylic oxidation sites excluding steroid dienone is 1. The Bertz CT molecular complexity index is 1150. The van der Waals surface area contributed by atoms with Crippen molar-refractivity contribution in [3.8, 4) is 11.5 Å². The molecule has 35 heavy (non-hydrogen) atoms. The van der Waals surface area contributed by atoms with E-state index in [0.29, 0.717) is 24.9 Å². The van der Waals surface area contributed by atoms with Crippen molar-refractivity contribution in [1.82, 2.24) is 0 Å². The lowest BCUT2D eigenvalue weighted by atomic mass is 9.76. The van der Waals surface area contributed by atoms with Crippen LogP contribution in [-0.2, 0) is 30.4 Å². The molecule has 0 fully saturated rings. The Morgan fingerprint density at radius 2 is 1.89 bits per heavy atom. The molecule has 0 spiro atoms. The van der Waals surface area contributed by atoms with E-state index in [1.165, 1.54) is 33.4 Å². The number of hydrogen-bond acceptors (Lipinski definition) is 4. The van der Waals surface area contributed by atoms with E-state index in [-0.39, 0.29) is 0 Å². The molecule has 1 aliphatic rings. The average molecular weight is 472 g/mol. The highest BCUT2D eigenvalue weighted by Gasteiger charge is 2.26. The molecule has 0 amide bonds. The minimum atomic E-state index is 0.328. The number of phenolic OH excluding ortho intramolecular Hbond substituents is 1. The van der Waals surface area contributed by atoms with Crippen LogP contribution >= 0.6 is 0 Å². The average Bonchev–Trinajstić information content (AvgIpc) is 2.87. The van der Waals surface area contributed by atoms with Gasteiger partial charge in [-0.15, -0.1) is 0 Å². The molecular formula is C31H37NO3. The molecule has 0 saturated carbocycles. The van der Waals surface area contributed by atoms with Crippen molar-refractivity contribution in [2.24, 2.45) is 5.92 Å². The summed E-state index contributed by atoms with van der Waals surface area (Å²) in [5.41, 5.74) is 9.80. The van der Waals surface area contributed by atoms with E-state index in [4.69, 9.17) is 9.47 Å². The Hall–Kier alpha value is -3.24. The van der Waals surface area contributed by atoms with Gasteiger partial charge >= 0.3 is 0 Å². The monoisotopic (exact) mass is 471 g/mol. The van der Waals surface area contributed by atoms with Crippen molar-refractivity contribution in [2.75, 3.05) is 32.7 Å². The molecule has 1 atom stereocenters. The molecule has 1 unspecified atom stereocenters. The molecule has 4 nitrogen and oxygen atoms in total. The second kappa shape index (κ2) is 11.5. The molecule has 3 aromatic carbocycles. The van der Waals surface area contributed by atoms with E-state index in [0.717, 1.165) is 49.1 Å². The van der Waals surface area contributed by atoms with Crippen molar-refractivity contribution in [1.29, 1.82) is 0 Å². The number of methoxy groups -OCH3 is 1. The summed E-state index contributed by atoms with van der Waals surface area (Å²) in [6.45, 7) is 7.82. The third-order valence-corrected chi connectivity index (χ3v) is 7.10. The number of ether oxygens (including phenoxy) is 2. The minimum Gasteiger partial charge on any atom is -0.508 e. The second-order valence-corrected chi connectivity index (χ2v) is 9.45. The van der Waals surface area contributed by atoms with Crippen molar-refractivity contribution in [3.63, 3.8) is 0 Å². The molecule has 0 bridgehead atoms. The van der Waals surface area contributed by atoms with Crippen LogP contribution in [0.3, 0.4) is 0 Å². The zero-order valence-corrected chi connectivity index (χ0v) is 21.2. The van der Waals surface area contributed by atoms with Gasteiger partial charge in [0.05, 0.1) is 6.61 Å². The number of fused-ring (bicyclic) bond motifs is 1. The molecule has 2 N–H and O–H groups in total. The Balaban J connectivity index is 1.57. The van der Waals surface area contributed by atoms with Gasteiger partial charge in [0.25, 0.3) is 0 Å². The van der Waals surface area contributed by atoms with Gasteiger partial charge in [-0.1, -0.05) is 36.9 Å². The predicted octanol–water partition coefficient (Wildman–Crippen LogP) is 6.37. The first-order valence-corrected chi connectivity index (χ1v) is 12.5. The molecule has 4 rings (SSSR count). The van der Waals surface area contributed by atoms with Crippen LogP contribution in [0.1, 0.15) is 39.8 Å². The van der Waals surface area contributed by atoms with E-state index in [1.807, 2.05) is 25.2 Å². The molecule has 3 aromatic rings. The Morgan fingerprint density at radius 1 is 1.09 bits per heavy atom. The molecule has 184 valence electrons. The van der Waals surface area contributed by atoms with Crippen LogP contribution in [-0.4, -0.2) is 32.5 Å².